The molecule has 0 fully saturated rings. The van der Waals surface area contributed by atoms with Gasteiger partial charge in [0.05, 0.1) is 5.69 Å². The third kappa shape index (κ3) is 3.30. The van der Waals surface area contributed by atoms with Crippen molar-refractivity contribution in [3.63, 3.8) is 0 Å². The highest BCUT2D eigenvalue weighted by Gasteiger charge is 2.47. The van der Waals surface area contributed by atoms with Crippen molar-refractivity contribution in [2.75, 3.05) is 10.6 Å². The lowest BCUT2D eigenvalue weighted by molar-refractivity contribution is 0.0949. The van der Waals surface area contributed by atoms with Crippen LogP contribution in [0.3, 0.4) is 0 Å². The summed E-state index contributed by atoms with van der Waals surface area (Å²) >= 11 is 6.39. The van der Waals surface area contributed by atoms with Gasteiger partial charge in [-0.3, -0.25) is 4.79 Å². The zero-order valence-corrected chi connectivity index (χ0v) is 17.7. The summed E-state index contributed by atoms with van der Waals surface area (Å²) in [7, 11) is 0. The van der Waals surface area contributed by atoms with Crippen LogP contribution in [-0.2, 0) is 5.41 Å². The second kappa shape index (κ2) is 6.93. The van der Waals surface area contributed by atoms with Crippen molar-refractivity contribution in [2.45, 2.75) is 38.1 Å². The van der Waals surface area contributed by atoms with E-state index in [1.807, 2.05) is 23.1 Å². The normalized spacial score (nSPS) is 20.2. The summed E-state index contributed by atoms with van der Waals surface area (Å²) in [6.45, 7) is 6.49. The molecule has 29 heavy (non-hydrogen) atoms. The van der Waals surface area contributed by atoms with Gasteiger partial charge in [0.25, 0.3) is 5.91 Å². The molecule has 0 bridgehead atoms. The highest BCUT2D eigenvalue weighted by atomic mass is 35.5. The number of fused-ring (bicyclic) bond motifs is 1. The molecule has 1 atom stereocenters. The van der Waals surface area contributed by atoms with E-state index in [9.17, 15) is 4.79 Å². The van der Waals surface area contributed by atoms with E-state index in [1.54, 1.807) is 24.3 Å². The van der Waals surface area contributed by atoms with E-state index in [2.05, 4.69) is 51.1 Å². The monoisotopic (exact) mass is 404 g/mol. The maximum absolute atomic E-state index is 13.6. The van der Waals surface area contributed by atoms with Gasteiger partial charge >= 0.3 is 0 Å². The minimum atomic E-state index is -0.416. The van der Waals surface area contributed by atoms with Gasteiger partial charge in [-0.25, -0.2) is 0 Å². The Labute approximate surface area is 177 Å². The number of benzene rings is 3. The van der Waals surface area contributed by atoms with Crippen LogP contribution in [0.1, 0.15) is 48.7 Å². The van der Waals surface area contributed by atoms with Crippen LogP contribution in [0.25, 0.3) is 0 Å². The van der Waals surface area contributed by atoms with Crippen LogP contribution < -0.4 is 10.6 Å². The van der Waals surface area contributed by atoms with Crippen molar-refractivity contribution in [2.24, 2.45) is 0 Å². The number of nitrogens with two attached hydrogens (primary N) is 1. The van der Waals surface area contributed by atoms with Gasteiger partial charge in [-0.1, -0.05) is 54.9 Å². The van der Waals surface area contributed by atoms with Crippen LogP contribution in [0.2, 0.25) is 5.02 Å². The lowest BCUT2D eigenvalue weighted by Gasteiger charge is -2.51. The average molecular weight is 405 g/mol. The highest BCUT2D eigenvalue weighted by Crippen LogP contribution is 2.51. The number of hydrogen-bond donors (Lipinski definition) is 1. The van der Waals surface area contributed by atoms with Crippen molar-refractivity contribution in [1.29, 1.82) is 0 Å². The fourth-order valence-electron chi connectivity index (χ4n) is 4.72. The van der Waals surface area contributed by atoms with Gasteiger partial charge in [-0.2, -0.15) is 0 Å². The van der Waals surface area contributed by atoms with E-state index in [4.69, 9.17) is 17.3 Å². The van der Waals surface area contributed by atoms with Crippen LogP contribution in [0.5, 0.6) is 0 Å². The minimum Gasteiger partial charge on any atom is -0.399 e. The number of rotatable bonds is 2. The van der Waals surface area contributed by atoms with Crippen LogP contribution in [0.15, 0.2) is 72.8 Å². The molecule has 0 aliphatic carbocycles. The molecule has 1 aliphatic rings. The van der Waals surface area contributed by atoms with Crippen LogP contribution >= 0.6 is 11.6 Å². The van der Waals surface area contributed by atoms with E-state index >= 15 is 0 Å². The van der Waals surface area contributed by atoms with Crippen molar-refractivity contribution >= 4 is 28.9 Å². The van der Waals surface area contributed by atoms with Gasteiger partial charge < -0.3 is 10.6 Å². The largest absolute Gasteiger partial charge is 0.399 e. The molecule has 2 N–H and O–H groups in total. The van der Waals surface area contributed by atoms with Gasteiger partial charge in [0.15, 0.2) is 0 Å². The Morgan fingerprint density at radius 1 is 0.966 bits per heavy atom. The van der Waals surface area contributed by atoms with E-state index in [1.165, 1.54) is 5.56 Å². The molecular weight excluding hydrogens is 380 g/mol. The number of nitrogens with zero attached hydrogens (tertiary/aromatic N) is 1. The van der Waals surface area contributed by atoms with Gasteiger partial charge in [0.1, 0.15) is 0 Å². The molecule has 148 valence electrons. The van der Waals surface area contributed by atoms with Gasteiger partial charge in [0.2, 0.25) is 0 Å². The van der Waals surface area contributed by atoms with E-state index in [-0.39, 0.29) is 11.3 Å². The summed E-state index contributed by atoms with van der Waals surface area (Å²) in [6, 6.07) is 23.4. The Kier molecular flexibility index (Phi) is 4.66. The number of hydrogen-bond acceptors (Lipinski definition) is 2. The van der Waals surface area contributed by atoms with Crippen molar-refractivity contribution in [3.05, 3.63) is 94.5 Å². The summed E-state index contributed by atoms with van der Waals surface area (Å²) in [5.74, 6) is -0.0476. The number of anilines is 2. The van der Waals surface area contributed by atoms with Crippen molar-refractivity contribution in [3.8, 4) is 0 Å². The molecule has 1 aliphatic heterocycles. The molecule has 0 saturated carbocycles. The number of carbonyl (C=O) groups excluding carboxylic acids is 1. The maximum atomic E-state index is 13.6. The minimum absolute atomic E-state index is 0.0476. The maximum Gasteiger partial charge on any atom is 0.258 e. The van der Waals surface area contributed by atoms with Crippen LogP contribution in [-0.4, -0.2) is 11.4 Å². The quantitative estimate of drug-likeness (QED) is 0.528. The Hall–Kier alpha value is -2.78. The molecule has 0 radical (unpaired) electrons. The molecule has 3 aromatic rings. The third-order valence-corrected chi connectivity index (χ3v) is 6.19. The standard InChI is InChI=1S/C25H25ClN2O/c1-24(2)16-25(3,18-7-5-4-6-8-18)21-14-11-19(26)15-22(21)28(24)23(29)17-9-12-20(27)13-10-17/h4-15H,16,27H2,1-3H3. The Morgan fingerprint density at radius 3 is 2.28 bits per heavy atom. The molecule has 3 aromatic carbocycles. The first-order valence-corrected chi connectivity index (χ1v) is 10.2. The second-order valence-electron chi connectivity index (χ2n) is 8.61. The molecule has 0 saturated heterocycles. The van der Waals surface area contributed by atoms with Crippen LogP contribution in [0, 0.1) is 0 Å². The molecule has 1 unspecified atom stereocenters. The summed E-state index contributed by atoms with van der Waals surface area (Å²) < 4.78 is 0. The third-order valence-electron chi connectivity index (χ3n) is 5.96. The molecular formula is C25H25ClN2O. The topological polar surface area (TPSA) is 46.3 Å². The Balaban J connectivity index is 1.91. The summed E-state index contributed by atoms with van der Waals surface area (Å²) in [6.07, 6.45) is 0.791. The van der Waals surface area contributed by atoms with E-state index < -0.39 is 5.54 Å². The summed E-state index contributed by atoms with van der Waals surface area (Å²) in [5.41, 5.74) is 9.62. The summed E-state index contributed by atoms with van der Waals surface area (Å²) in [4.78, 5) is 15.5. The van der Waals surface area contributed by atoms with Gasteiger partial charge in [-0.15, -0.1) is 0 Å². The molecule has 0 spiro atoms. The lowest BCUT2D eigenvalue weighted by atomic mass is 9.65. The number of amides is 1. The average Bonchev–Trinajstić information content (AvgIpc) is 2.68. The highest BCUT2D eigenvalue weighted by molar-refractivity contribution is 6.31. The molecule has 3 nitrogen and oxygen atoms in total. The molecule has 4 heteroatoms. The molecule has 1 amide bonds. The van der Waals surface area contributed by atoms with E-state index in [0.717, 1.165) is 17.7 Å². The lowest BCUT2D eigenvalue weighted by Crippen LogP contribution is -2.55. The zero-order valence-electron chi connectivity index (χ0n) is 16.9. The number of nitrogen functional groups attached to an aromatic ring is 1. The predicted octanol–water partition coefficient (Wildman–Crippen LogP) is 6.06. The fraction of sp³-hybridized carbons (Fsp3) is 0.240. The van der Waals surface area contributed by atoms with Crippen LogP contribution in [0.4, 0.5) is 11.4 Å². The van der Waals surface area contributed by atoms with Gasteiger partial charge in [0, 0.05) is 27.2 Å². The Morgan fingerprint density at radius 2 is 1.62 bits per heavy atom. The first-order valence-electron chi connectivity index (χ1n) is 9.78. The molecule has 0 aromatic heterocycles. The van der Waals surface area contributed by atoms with Crippen molar-refractivity contribution in [1.82, 2.24) is 0 Å². The zero-order chi connectivity index (χ0) is 20.8. The molecule has 4 rings (SSSR count). The second-order valence-corrected chi connectivity index (χ2v) is 9.05. The first kappa shape index (κ1) is 19.5. The number of halogens is 1. The van der Waals surface area contributed by atoms with E-state index in [0.29, 0.717) is 16.3 Å². The SMILES string of the molecule is CC1(c2ccccc2)CC(C)(C)N(C(=O)c2ccc(N)cc2)c2cc(Cl)ccc21. The first-order chi connectivity index (χ1) is 13.7. The molecule has 1 heterocycles. The van der Waals surface area contributed by atoms with Gasteiger partial charge in [-0.05, 0) is 67.8 Å². The predicted molar refractivity (Wildman–Crippen MR) is 121 cm³/mol. The Bertz CT molecular complexity index is 1060. The fourth-order valence-corrected chi connectivity index (χ4v) is 4.89. The summed E-state index contributed by atoms with van der Waals surface area (Å²) in [5, 5.41) is 0.618. The smallest absolute Gasteiger partial charge is 0.258 e. The van der Waals surface area contributed by atoms with Crippen molar-refractivity contribution < 1.29 is 4.79 Å². The number of carbonyl (C=O) groups is 1.